The number of fused-ring (bicyclic) bond motifs is 1. The van der Waals surface area contributed by atoms with Gasteiger partial charge in [-0.25, -0.2) is 14.8 Å². The molecule has 5 rings (SSSR count). The third-order valence-corrected chi connectivity index (χ3v) is 7.26. The van der Waals surface area contributed by atoms with E-state index >= 15 is 0 Å². The average Bonchev–Trinajstić information content (AvgIpc) is 2.91. The zero-order valence-electron chi connectivity index (χ0n) is 19.8. The summed E-state index contributed by atoms with van der Waals surface area (Å²) < 4.78 is 5.17. The molecule has 1 aromatic carbocycles. The van der Waals surface area contributed by atoms with Gasteiger partial charge in [-0.3, -0.25) is 14.5 Å². The van der Waals surface area contributed by atoms with Crippen molar-refractivity contribution in [3.8, 4) is 5.75 Å². The van der Waals surface area contributed by atoms with Crippen LogP contribution in [-0.4, -0.2) is 76.9 Å². The van der Waals surface area contributed by atoms with Crippen molar-refractivity contribution in [3.63, 3.8) is 0 Å². The monoisotopic (exact) mass is 478 g/mol. The minimum atomic E-state index is -0.392. The van der Waals surface area contributed by atoms with E-state index in [0.717, 1.165) is 11.3 Å². The van der Waals surface area contributed by atoms with Crippen LogP contribution in [-0.2, 0) is 16.1 Å². The Morgan fingerprint density at radius 1 is 1.06 bits per heavy atom. The Morgan fingerprint density at radius 3 is 2.46 bits per heavy atom. The Bertz CT molecular complexity index is 1070. The fraction of sp³-hybridized carbons (Fsp3) is 0.480. The molecule has 1 aromatic heterocycles. The summed E-state index contributed by atoms with van der Waals surface area (Å²) in [5.41, 5.74) is 0.858. The first kappa shape index (κ1) is 23.1. The molecule has 3 unspecified atom stereocenters. The number of anilines is 1. The van der Waals surface area contributed by atoms with Gasteiger partial charge >= 0.3 is 6.03 Å². The average molecular weight is 479 g/mol. The molecule has 184 valence electrons. The molecule has 0 bridgehead atoms. The highest BCUT2D eigenvalue weighted by Crippen LogP contribution is 2.34. The maximum Gasteiger partial charge on any atom is 0.324 e. The van der Waals surface area contributed by atoms with Gasteiger partial charge in [-0.05, 0) is 43.0 Å². The molecule has 10 nitrogen and oxygen atoms in total. The van der Waals surface area contributed by atoms with Crippen LogP contribution in [0.2, 0.25) is 0 Å². The SMILES string of the molecule is COc1ccc(CN2C(=O)NC3CC(C(=O)N4CCN(c5ncccn5)CC4)CCC3C2=O)cc1. The van der Waals surface area contributed by atoms with Crippen molar-refractivity contribution in [1.29, 1.82) is 0 Å². The largest absolute Gasteiger partial charge is 0.497 e. The van der Waals surface area contributed by atoms with Crippen LogP contribution in [0.1, 0.15) is 24.8 Å². The first-order chi connectivity index (χ1) is 17.0. The summed E-state index contributed by atoms with van der Waals surface area (Å²) in [6.45, 7) is 2.81. The van der Waals surface area contributed by atoms with Gasteiger partial charge in [0.1, 0.15) is 5.75 Å². The first-order valence-corrected chi connectivity index (χ1v) is 12.1. The molecule has 2 saturated heterocycles. The lowest BCUT2D eigenvalue weighted by Crippen LogP contribution is -2.62. The van der Waals surface area contributed by atoms with Crippen LogP contribution in [0.25, 0.3) is 0 Å². The number of carbonyl (C=O) groups excluding carboxylic acids is 3. The van der Waals surface area contributed by atoms with Crippen LogP contribution in [0.4, 0.5) is 10.7 Å². The van der Waals surface area contributed by atoms with Crippen molar-refractivity contribution < 1.29 is 19.1 Å². The Hall–Kier alpha value is -3.69. The molecule has 2 aromatic rings. The van der Waals surface area contributed by atoms with Crippen molar-refractivity contribution in [2.75, 3.05) is 38.2 Å². The van der Waals surface area contributed by atoms with E-state index in [1.54, 1.807) is 25.6 Å². The Kier molecular flexibility index (Phi) is 6.52. The van der Waals surface area contributed by atoms with Crippen LogP contribution in [0, 0.1) is 11.8 Å². The number of carbonyl (C=O) groups is 3. The lowest BCUT2D eigenvalue weighted by atomic mass is 9.76. The number of rotatable bonds is 5. The fourth-order valence-electron chi connectivity index (χ4n) is 5.29. The van der Waals surface area contributed by atoms with E-state index in [9.17, 15) is 14.4 Å². The third-order valence-electron chi connectivity index (χ3n) is 7.26. The number of urea groups is 1. The van der Waals surface area contributed by atoms with Gasteiger partial charge in [0.15, 0.2) is 0 Å². The van der Waals surface area contributed by atoms with Gasteiger partial charge in [0, 0.05) is 50.5 Å². The van der Waals surface area contributed by atoms with Crippen LogP contribution in [0.5, 0.6) is 5.75 Å². The lowest BCUT2D eigenvalue weighted by Gasteiger charge is -2.43. The highest BCUT2D eigenvalue weighted by molar-refractivity contribution is 5.99. The van der Waals surface area contributed by atoms with Crippen molar-refractivity contribution in [2.24, 2.45) is 11.8 Å². The Morgan fingerprint density at radius 2 is 1.77 bits per heavy atom. The van der Waals surface area contributed by atoms with Gasteiger partial charge in [-0.2, -0.15) is 0 Å². The van der Waals surface area contributed by atoms with Gasteiger partial charge in [0.2, 0.25) is 17.8 Å². The standard InChI is InChI=1S/C25H30N6O4/c1-35-19-6-3-17(4-7-19)16-31-23(33)20-8-5-18(15-21(20)28-25(31)34)22(32)29-11-13-30(14-12-29)24-26-9-2-10-27-24/h2-4,6-7,9-10,18,20-21H,5,8,11-16H2,1H3,(H,28,34). The number of methoxy groups -OCH3 is 1. The molecule has 4 amide bonds. The quantitative estimate of drug-likeness (QED) is 0.696. The molecule has 3 aliphatic rings. The second kappa shape index (κ2) is 9.89. The van der Waals surface area contributed by atoms with Gasteiger partial charge in [0.25, 0.3) is 0 Å². The fourth-order valence-corrected chi connectivity index (χ4v) is 5.29. The highest BCUT2D eigenvalue weighted by Gasteiger charge is 2.46. The number of benzene rings is 1. The Balaban J connectivity index is 1.17. The van der Waals surface area contributed by atoms with E-state index in [1.807, 2.05) is 29.2 Å². The number of nitrogens with zero attached hydrogens (tertiary/aromatic N) is 5. The number of amides is 4. The zero-order valence-corrected chi connectivity index (χ0v) is 19.8. The molecule has 3 atom stereocenters. The number of hydrogen-bond donors (Lipinski definition) is 1. The third kappa shape index (κ3) is 4.78. The summed E-state index contributed by atoms with van der Waals surface area (Å²) in [5.74, 6) is 0.888. The maximum absolute atomic E-state index is 13.2. The second-order valence-electron chi connectivity index (χ2n) is 9.31. The molecular weight excluding hydrogens is 448 g/mol. The predicted octanol–water partition coefficient (Wildman–Crippen LogP) is 1.67. The smallest absolute Gasteiger partial charge is 0.324 e. The molecule has 3 heterocycles. The van der Waals surface area contributed by atoms with Crippen LogP contribution in [0.15, 0.2) is 42.7 Å². The number of nitrogens with one attached hydrogen (secondary N) is 1. The summed E-state index contributed by atoms with van der Waals surface area (Å²) in [4.78, 5) is 53.1. The summed E-state index contributed by atoms with van der Waals surface area (Å²) >= 11 is 0. The number of piperazine rings is 1. The van der Waals surface area contributed by atoms with E-state index < -0.39 is 6.03 Å². The Labute approximate surface area is 204 Å². The lowest BCUT2D eigenvalue weighted by molar-refractivity contribution is -0.143. The minimum absolute atomic E-state index is 0.111. The minimum Gasteiger partial charge on any atom is -0.497 e. The molecule has 0 spiro atoms. The van der Waals surface area contributed by atoms with Gasteiger partial charge < -0.3 is 19.9 Å². The van der Waals surface area contributed by atoms with E-state index in [4.69, 9.17) is 4.74 Å². The van der Waals surface area contributed by atoms with Crippen LogP contribution >= 0.6 is 0 Å². The van der Waals surface area contributed by atoms with Gasteiger partial charge in [-0.15, -0.1) is 0 Å². The van der Waals surface area contributed by atoms with Gasteiger partial charge in [-0.1, -0.05) is 12.1 Å². The number of hydrogen-bond acceptors (Lipinski definition) is 7. The molecule has 1 N–H and O–H groups in total. The molecule has 1 saturated carbocycles. The first-order valence-electron chi connectivity index (χ1n) is 12.1. The summed E-state index contributed by atoms with van der Waals surface area (Å²) in [6.07, 6.45) is 5.18. The maximum atomic E-state index is 13.2. The van der Waals surface area contributed by atoms with E-state index in [-0.39, 0.29) is 36.2 Å². The van der Waals surface area contributed by atoms with Crippen molar-refractivity contribution in [1.82, 2.24) is 25.1 Å². The molecule has 10 heteroatoms. The van der Waals surface area contributed by atoms with E-state index in [1.165, 1.54) is 4.90 Å². The topological polar surface area (TPSA) is 108 Å². The zero-order chi connectivity index (χ0) is 24.4. The highest BCUT2D eigenvalue weighted by atomic mass is 16.5. The molecule has 0 radical (unpaired) electrons. The summed E-state index contributed by atoms with van der Waals surface area (Å²) in [7, 11) is 1.59. The molecule has 1 aliphatic carbocycles. The van der Waals surface area contributed by atoms with Crippen molar-refractivity contribution >= 4 is 23.8 Å². The molecule has 2 aliphatic heterocycles. The second-order valence-corrected chi connectivity index (χ2v) is 9.31. The summed E-state index contributed by atoms with van der Waals surface area (Å²) in [6, 6.07) is 8.42. The number of ether oxygens (including phenoxy) is 1. The van der Waals surface area contributed by atoms with Gasteiger partial charge in [0.05, 0.1) is 19.6 Å². The van der Waals surface area contributed by atoms with Crippen molar-refractivity contribution in [2.45, 2.75) is 31.8 Å². The van der Waals surface area contributed by atoms with E-state index in [2.05, 4.69) is 20.2 Å². The van der Waals surface area contributed by atoms with Crippen LogP contribution in [0.3, 0.4) is 0 Å². The number of aromatic nitrogens is 2. The summed E-state index contributed by atoms with van der Waals surface area (Å²) in [5, 5.41) is 3.00. The molecule has 35 heavy (non-hydrogen) atoms. The molecule has 3 fully saturated rings. The normalized spacial score (nSPS) is 24.6. The molecular formula is C25H30N6O4. The van der Waals surface area contributed by atoms with Crippen molar-refractivity contribution in [3.05, 3.63) is 48.3 Å². The van der Waals surface area contributed by atoms with Crippen LogP contribution < -0.4 is 15.0 Å². The predicted molar refractivity (Wildman–Crippen MR) is 128 cm³/mol. The van der Waals surface area contributed by atoms with E-state index in [0.29, 0.717) is 51.4 Å². The number of imide groups is 1.